The second-order valence-corrected chi connectivity index (χ2v) is 13.0. The molecular formula is C30H37NO6S. The van der Waals surface area contributed by atoms with Gasteiger partial charge in [-0.15, -0.1) is 0 Å². The molecule has 2 aromatic rings. The summed E-state index contributed by atoms with van der Waals surface area (Å²) < 4.78 is 35.1. The van der Waals surface area contributed by atoms with Crippen LogP contribution in [0.15, 0.2) is 47.4 Å². The lowest BCUT2D eigenvalue weighted by atomic mass is 9.55. The number of fused-ring (bicyclic) bond motifs is 5. The Hall–Kier alpha value is -2.71. The summed E-state index contributed by atoms with van der Waals surface area (Å²) in [5, 5.41) is 5.24. The van der Waals surface area contributed by atoms with Crippen LogP contribution in [-0.4, -0.2) is 26.5 Å². The van der Waals surface area contributed by atoms with Crippen LogP contribution in [0.4, 0.5) is 0 Å². The van der Waals surface area contributed by atoms with Gasteiger partial charge in [0.15, 0.2) is 0 Å². The highest BCUT2D eigenvalue weighted by Crippen LogP contribution is 2.61. The molecule has 2 N–H and O–H groups in total. The van der Waals surface area contributed by atoms with Gasteiger partial charge in [0.2, 0.25) is 10.0 Å². The second-order valence-electron chi connectivity index (χ2n) is 11.4. The van der Waals surface area contributed by atoms with Crippen molar-refractivity contribution in [2.75, 3.05) is 0 Å². The van der Waals surface area contributed by atoms with Gasteiger partial charge in [0.1, 0.15) is 11.9 Å². The molecule has 2 fully saturated rings. The monoisotopic (exact) mass is 539 g/mol. The fraction of sp³-hybridized carbons (Fsp3) is 0.533. The molecule has 7 nitrogen and oxygen atoms in total. The van der Waals surface area contributed by atoms with E-state index in [2.05, 4.69) is 26.0 Å². The van der Waals surface area contributed by atoms with Crippen molar-refractivity contribution in [3.8, 4) is 5.75 Å². The minimum Gasteiger partial charge on any atom is -0.458 e. The SMILES string of the molecule is CCCCC(=O)Oc1ccc2c(c1)CC[C@@H]1[C@@H]2CC[C@]2(C)[C@@H](OC(=O)c3cccc(S(N)(=O)=O)c3)CC[C@@H]12. The summed E-state index contributed by atoms with van der Waals surface area (Å²) in [6.45, 7) is 4.32. The molecule has 0 aromatic heterocycles. The molecule has 38 heavy (non-hydrogen) atoms. The maximum atomic E-state index is 13.0. The molecule has 0 radical (unpaired) electrons. The highest BCUT2D eigenvalue weighted by Gasteiger charge is 2.56. The Morgan fingerprint density at radius 2 is 1.89 bits per heavy atom. The van der Waals surface area contributed by atoms with Crippen molar-refractivity contribution in [3.63, 3.8) is 0 Å². The summed E-state index contributed by atoms with van der Waals surface area (Å²) >= 11 is 0. The van der Waals surface area contributed by atoms with Gasteiger partial charge < -0.3 is 9.47 Å². The Labute approximate surface area is 225 Å². The van der Waals surface area contributed by atoms with Crippen LogP contribution >= 0.6 is 0 Å². The fourth-order valence-electron chi connectivity index (χ4n) is 7.27. The van der Waals surface area contributed by atoms with Gasteiger partial charge in [0.25, 0.3) is 0 Å². The van der Waals surface area contributed by atoms with Gasteiger partial charge in [-0.3, -0.25) is 4.79 Å². The van der Waals surface area contributed by atoms with Crippen molar-refractivity contribution < 1.29 is 27.5 Å². The zero-order valence-electron chi connectivity index (χ0n) is 22.1. The van der Waals surface area contributed by atoms with E-state index in [4.69, 9.17) is 14.6 Å². The summed E-state index contributed by atoms with van der Waals surface area (Å²) in [7, 11) is -3.90. The number of sulfonamides is 1. The quantitative estimate of drug-likeness (QED) is 0.367. The zero-order valence-corrected chi connectivity index (χ0v) is 23.0. The molecular weight excluding hydrogens is 502 g/mol. The number of unbranched alkanes of at least 4 members (excludes halogenated alkanes) is 1. The Morgan fingerprint density at radius 3 is 2.66 bits per heavy atom. The van der Waals surface area contributed by atoms with Crippen molar-refractivity contribution >= 4 is 22.0 Å². The Balaban J connectivity index is 1.28. The van der Waals surface area contributed by atoms with E-state index >= 15 is 0 Å². The van der Waals surface area contributed by atoms with Crippen LogP contribution in [0, 0.1) is 17.3 Å². The van der Waals surface area contributed by atoms with E-state index in [1.807, 2.05) is 6.07 Å². The van der Waals surface area contributed by atoms with Crippen LogP contribution in [0.1, 0.15) is 92.6 Å². The average molecular weight is 540 g/mol. The molecule has 3 aliphatic carbocycles. The molecule has 8 heteroatoms. The number of benzene rings is 2. The second kappa shape index (κ2) is 10.5. The van der Waals surface area contributed by atoms with Gasteiger partial charge in [0.05, 0.1) is 10.5 Å². The highest BCUT2D eigenvalue weighted by atomic mass is 32.2. The molecule has 0 heterocycles. The van der Waals surface area contributed by atoms with E-state index in [1.54, 1.807) is 6.07 Å². The number of hydrogen-bond donors (Lipinski definition) is 1. The lowest BCUT2D eigenvalue weighted by molar-refractivity contribution is -0.134. The molecule has 2 aromatic carbocycles. The largest absolute Gasteiger partial charge is 0.458 e. The Bertz CT molecular complexity index is 1340. The number of primary sulfonamides is 1. The van der Waals surface area contributed by atoms with Crippen molar-refractivity contribution in [2.45, 2.75) is 88.6 Å². The Morgan fingerprint density at radius 1 is 1.08 bits per heavy atom. The van der Waals surface area contributed by atoms with Crippen molar-refractivity contribution in [1.82, 2.24) is 0 Å². The van der Waals surface area contributed by atoms with Crippen LogP contribution in [0.2, 0.25) is 0 Å². The number of nitrogens with two attached hydrogens (primary N) is 1. The normalized spacial score (nSPS) is 28.1. The number of aryl methyl sites for hydroxylation is 1. The van der Waals surface area contributed by atoms with Gasteiger partial charge >= 0.3 is 11.9 Å². The molecule has 5 rings (SSSR count). The summed E-state index contributed by atoms with van der Waals surface area (Å²) in [6, 6.07) is 11.9. The third-order valence-corrected chi connectivity index (χ3v) is 10.1. The minimum atomic E-state index is -3.90. The predicted octanol–water partition coefficient (Wildman–Crippen LogP) is 5.51. The Kier molecular flexibility index (Phi) is 7.40. The third-order valence-electron chi connectivity index (χ3n) is 9.22. The standard InChI is InChI=1S/C30H37NO6S/c1-3-4-8-28(32)36-21-10-12-23-19(17-21)9-11-25-24(23)15-16-30(2)26(25)13-14-27(30)37-29(33)20-6-5-7-22(18-20)38(31,34)35/h5-7,10,12,17-18,24-27H,3-4,8-9,11,13-16H2,1-2H3,(H2,31,34,35)/t24-,25-,26+,27+,30+/m1/s1. The van der Waals surface area contributed by atoms with E-state index in [0.29, 0.717) is 29.9 Å². The van der Waals surface area contributed by atoms with Gasteiger partial charge in [-0.25, -0.2) is 18.4 Å². The molecule has 0 spiro atoms. The molecule has 3 aliphatic rings. The van der Waals surface area contributed by atoms with Crippen LogP contribution in [0.3, 0.4) is 0 Å². The summed E-state index contributed by atoms with van der Waals surface area (Å²) in [5.74, 6) is 1.41. The van der Waals surface area contributed by atoms with Crippen LogP contribution in [0.25, 0.3) is 0 Å². The van der Waals surface area contributed by atoms with E-state index in [9.17, 15) is 18.0 Å². The zero-order chi connectivity index (χ0) is 27.1. The summed E-state index contributed by atoms with van der Waals surface area (Å²) in [5.41, 5.74) is 2.75. The molecule has 204 valence electrons. The van der Waals surface area contributed by atoms with E-state index < -0.39 is 16.0 Å². The van der Waals surface area contributed by atoms with E-state index in [0.717, 1.165) is 51.4 Å². The van der Waals surface area contributed by atoms with Crippen LogP contribution in [-0.2, 0) is 26.0 Å². The number of carbonyl (C=O) groups excluding carboxylic acids is 2. The van der Waals surface area contributed by atoms with Crippen LogP contribution < -0.4 is 9.88 Å². The number of hydrogen-bond acceptors (Lipinski definition) is 6. The number of esters is 2. The topological polar surface area (TPSA) is 113 Å². The maximum Gasteiger partial charge on any atom is 0.338 e. The molecule has 0 bridgehead atoms. The first-order chi connectivity index (χ1) is 18.1. The number of carbonyl (C=O) groups is 2. The molecule has 0 saturated heterocycles. The van der Waals surface area contributed by atoms with Gasteiger partial charge in [-0.2, -0.15) is 0 Å². The fourth-order valence-corrected chi connectivity index (χ4v) is 7.83. The van der Waals surface area contributed by atoms with Gasteiger partial charge in [0, 0.05) is 11.8 Å². The first-order valence-electron chi connectivity index (χ1n) is 13.8. The van der Waals surface area contributed by atoms with Crippen molar-refractivity contribution in [2.24, 2.45) is 22.4 Å². The highest BCUT2D eigenvalue weighted by molar-refractivity contribution is 7.89. The molecule has 0 aliphatic heterocycles. The minimum absolute atomic E-state index is 0.0947. The molecule has 0 amide bonds. The molecule has 5 atom stereocenters. The smallest absolute Gasteiger partial charge is 0.338 e. The average Bonchev–Trinajstić information content (AvgIpc) is 3.22. The van der Waals surface area contributed by atoms with Crippen LogP contribution in [0.5, 0.6) is 5.75 Å². The van der Waals surface area contributed by atoms with E-state index in [1.165, 1.54) is 29.3 Å². The first kappa shape index (κ1) is 26.9. The van der Waals surface area contributed by atoms with Crippen molar-refractivity contribution in [1.29, 1.82) is 0 Å². The van der Waals surface area contributed by atoms with Gasteiger partial charge in [-0.05, 0) is 104 Å². The lowest BCUT2D eigenvalue weighted by Gasteiger charge is -2.50. The van der Waals surface area contributed by atoms with Gasteiger partial charge in [-0.1, -0.05) is 32.4 Å². The first-order valence-corrected chi connectivity index (χ1v) is 15.3. The van der Waals surface area contributed by atoms with E-state index in [-0.39, 0.29) is 27.9 Å². The molecule has 2 saturated carbocycles. The number of ether oxygens (including phenoxy) is 2. The molecule has 0 unspecified atom stereocenters. The predicted molar refractivity (Wildman–Crippen MR) is 143 cm³/mol. The third kappa shape index (κ3) is 5.13. The summed E-state index contributed by atoms with van der Waals surface area (Å²) in [6.07, 6.45) is 7.87. The lowest BCUT2D eigenvalue weighted by Crippen LogP contribution is -2.45. The number of rotatable bonds is 7. The maximum absolute atomic E-state index is 13.0. The van der Waals surface area contributed by atoms with Crippen molar-refractivity contribution in [3.05, 3.63) is 59.2 Å². The summed E-state index contributed by atoms with van der Waals surface area (Å²) in [4.78, 5) is 25.0.